The van der Waals surface area contributed by atoms with E-state index < -0.39 is 0 Å². The van der Waals surface area contributed by atoms with Gasteiger partial charge in [-0.2, -0.15) is 5.10 Å². The maximum Gasteiger partial charge on any atom is 0.272 e. The number of piperidine rings is 1. The van der Waals surface area contributed by atoms with E-state index in [4.69, 9.17) is 0 Å². The highest BCUT2D eigenvalue weighted by molar-refractivity contribution is 5.92. The Labute approximate surface area is 136 Å². The van der Waals surface area contributed by atoms with E-state index in [9.17, 15) is 9.59 Å². The molecule has 7 heteroatoms. The number of rotatable bonds is 3. The molecule has 3 heterocycles. The van der Waals surface area contributed by atoms with E-state index >= 15 is 0 Å². The van der Waals surface area contributed by atoms with Crippen LogP contribution in [0.3, 0.4) is 0 Å². The van der Waals surface area contributed by atoms with Gasteiger partial charge in [-0.1, -0.05) is 0 Å². The fourth-order valence-corrected chi connectivity index (χ4v) is 3.48. The van der Waals surface area contributed by atoms with Crippen molar-refractivity contribution in [1.29, 1.82) is 0 Å². The highest BCUT2D eigenvalue weighted by Gasteiger charge is 2.36. The van der Waals surface area contributed by atoms with Crippen LogP contribution in [0.25, 0.3) is 0 Å². The van der Waals surface area contributed by atoms with E-state index in [-0.39, 0.29) is 23.9 Å². The predicted octanol–water partition coefficient (Wildman–Crippen LogP) is 0.153. The zero-order valence-electron chi connectivity index (χ0n) is 14.1. The first kappa shape index (κ1) is 16.0. The summed E-state index contributed by atoms with van der Waals surface area (Å²) in [5.41, 5.74) is 1.42. The van der Waals surface area contributed by atoms with Crippen LogP contribution in [0.2, 0.25) is 0 Å². The van der Waals surface area contributed by atoms with Crippen LogP contribution < -0.4 is 5.32 Å². The summed E-state index contributed by atoms with van der Waals surface area (Å²) in [6.45, 7) is 4.42. The zero-order valence-corrected chi connectivity index (χ0v) is 14.1. The number of nitrogens with zero attached hydrogens (tertiary/aromatic N) is 4. The Balaban J connectivity index is 1.60. The minimum Gasteiger partial charge on any atom is -0.347 e. The molecule has 2 atom stereocenters. The molecular formula is C16H25N5O2. The molecule has 2 amide bonds. The van der Waals surface area contributed by atoms with Crippen LogP contribution in [0.1, 0.15) is 35.4 Å². The van der Waals surface area contributed by atoms with E-state index in [0.29, 0.717) is 5.69 Å². The first-order chi connectivity index (χ1) is 11.0. The monoisotopic (exact) mass is 319 g/mol. The van der Waals surface area contributed by atoms with Gasteiger partial charge < -0.3 is 10.2 Å². The normalized spacial score (nSPS) is 25.9. The lowest BCUT2D eigenvalue weighted by molar-refractivity contribution is -0.131. The number of likely N-dealkylation sites (tertiary alicyclic amines) is 2. The van der Waals surface area contributed by atoms with Crippen LogP contribution in [0.5, 0.6) is 0 Å². The standard InChI is InChI=1S/C16H25N5O2/c1-11-9-13(18-20(11)3)15(22)17-12-5-4-7-21(10-12)14-6-8-19(2)16(14)23/h9,12,14H,4-8,10H2,1-3H3,(H,17,22). The van der Waals surface area contributed by atoms with Gasteiger partial charge in [0.25, 0.3) is 5.91 Å². The largest absolute Gasteiger partial charge is 0.347 e. The zero-order chi connectivity index (χ0) is 16.6. The van der Waals surface area contributed by atoms with Gasteiger partial charge in [0.05, 0.1) is 6.04 Å². The Morgan fingerprint density at radius 2 is 2.09 bits per heavy atom. The molecule has 3 rings (SSSR count). The van der Waals surface area contributed by atoms with Gasteiger partial charge in [-0.3, -0.25) is 19.2 Å². The van der Waals surface area contributed by atoms with Crippen molar-refractivity contribution in [2.45, 2.75) is 38.3 Å². The summed E-state index contributed by atoms with van der Waals surface area (Å²) < 4.78 is 1.70. The molecule has 2 unspecified atom stereocenters. The molecule has 1 aromatic heterocycles. The molecule has 2 fully saturated rings. The van der Waals surface area contributed by atoms with E-state index in [0.717, 1.165) is 44.6 Å². The van der Waals surface area contributed by atoms with Crippen molar-refractivity contribution in [1.82, 2.24) is 24.9 Å². The summed E-state index contributed by atoms with van der Waals surface area (Å²) in [6, 6.07) is 1.86. The van der Waals surface area contributed by atoms with Crippen molar-refractivity contribution in [3.63, 3.8) is 0 Å². The molecule has 1 aromatic rings. The fraction of sp³-hybridized carbons (Fsp3) is 0.688. The van der Waals surface area contributed by atoms with E-state index in [1.165, 1.54) is 0 Å². The van der Waals surface area contributed by atoms with Gasteiger partial charge in [0.2, 0.25) is 5.91 Å². The Morgan fingerprint density at radius 1 is 1.30 bits per heavy atom. The summed E-state index contributed by atoms with van der Waals surface area (Å²) in [4.78, 5) is 28.5. The third-order valence-electron chi connectivity index (χ3n) is 4.97. The first-order valence-corrected chi connectivity index (χ1v) is 8.26. The van der Waals surface area contributed by atoms with Crippen molar-refractivity contribution in [2.75, 3.05) is 26.7 Å². The lowest BCUT2D eigenvalue weighted by Gasteiger charge is -2.35. The molecule has 0 saturated carbocycles. The van der Waals surface area contributed by atoms with Crippen LogP contribution in [0.15, 0.2) is 6.07 Å². The second kappa shape index (κ2) is 6.31. The van der Waals surface area contributed by atoms with Crippen LogP contribution >= 0.6 is 0 Å². The smallest absolute Gasteiger partial charge is 0.272 e. The average molecular weight is 319 g/mol. The van der Waals surface area contributed by atoms with Crippen LogP contribution in [0, 0.1) is 6.92 Å². The molecule has 7 nitrogen and oxygen atoms in total. The highest BCUT2D eigenvalue weighted by atomic mass is 16.2. The van der Waals surface area contributed by atoms with Gasteiger partial charge in [0, 0.05) is 38.9 Å². The molecule has 2 saturated heterocycles. The van der Waals surface area contributed by atoms with Gasteiger partial charge in [0.1, 0.15) is 5.69 Å². The number of nitrogens with one attached hydrogen (secondary N) is 1. The maximum atomic E-state index is 12.3. The molecule has 1 N–H and O–H groups in total. The Hall–Kier alpha value is -1.89. The van der Waals surface area contributed by atoms with Crippen molar-refractivity contribution >= 4 is 11.8 Å². The fourth-order valence-electron chi connectivity index (χ4n) is 3.48. The topological polar surface area (TPSA) is 70.5 Å². The van der Waals surface area contributed by atoms with Gasteiger partial charge in [0.15, 0.2) is 0 Å². The third kappa shape index (κ3) is 3.24. The summed E-state index contributed by atoms with van der Waals surface area (Å²) in [5.74, 6) is 0.0766. The predicted molar refractivity (Wildman–Crippen MR) is 86.0 cm³/mol. The first-order valence-electron chi connectivity index (χ1n) is 8.26. The maximum absolute atomic E-state index is 12.3. The lowest BCUT2D eigenvalue weighted by Crippen LogP contribution is -2.52. The van der Waals surface area contributed by atoms with Crippen LogP contribution in [-0.4, -0.2) is 70.2 Å². The number of carbonyl (C=O) groups excluding carboxylic acids is 2. The molecule has 0 aliphatic carbocycles. The molecule has 126 valence electrons. The SMILES string of the molecule is Cc1cc(C(=O)NC2CCCN(C3CCN(C)C3=O)C2)nn1C. The summed E-state index contributed by atoms with van der Waals surface area (Å²) >= 11 is 0. The second-order valence-corrected chi connectivity index (χ2v) is 6.67. The van der Waals surface area contributed by atoms with Gasteiger partial charge in [-0.15, -0.1) is 0 Å². The van der Waals surface area contributed by atoms with E-state index in [1.807, 2.05) is 21.0 Å². The van der Waals surface area contributed by atoms with Crippen LogP contribution in [-0.2, 0) is 11.8 Å². The lowest BCUT2D eigenvalue weighted by atomic mass is 10.0. The minimum atomic E-state index is -0.129. The molecule has 0 spiro atoms. The second-order valence-electron chi connectivity index (χ2n) is 6.67. The van der Waals surface area contributed by atoms with Gasteiger partial charge in [-0.05, 0) is 38.8 Å². The number of carbonyl (C=O) groups is 2. The molecule has 0 bridgehead atoms. The molecular weight excluding hydrogens is 294 g/mol. The van der Waals surface area contributed by atoms with E-state index in [2.05, 4.69) is 15.3 Å². The van der Waals surface area contributed by atoms with Crippen LogP contribution in [0.4, 0.5) is 0 Å². The number of hydrogen-bond acceptors (Lipinski definition) is 4. The average Bonchev–Trinajstić information content (AvgIpc) is 3.03. The summed E-state index contributed by atoms with van der Waals surface area (Å²) in [7, 11) is 3.69. The van der Waals surface area contributed by atoms with Crippen molar-refractivity contribution in [3.05, 3.63) is 17.5 Å². The molecule has 23 heavy (non-hydrogen) atoms. The number of likely N-dealkylation sites (N-methyl/N-ethyl adjacent to an activating group) is 1. The van der Waals surface area contributed by atoms with Gasteiger partial charge in [-0.25, -0.2) is 0 Å². The Bertz CT molecular complexity index is 592. The summed E-state index contributed by atoms with van der Waals surface area (Å²) in [5, 5.41) is 7.30. The quantitative estimate of drug-likeness (QED) is 0.861. The molecule has 0 radical (unpaired) electrons. The molecule has 2 aliphatic rings. The van der Waals surface area contributed by atoms with Gasteiger partial charge >= 0.3 is 0 Å². The Kier molecular flexibility index (Phi) is 4.39. The van der Waals surface area contributed by atoms with Crippen molar-refractivity contribution in [3.8, 4) is 0 Å². The number of aromatic nitrogens is 2. The summed E-state index contributed by atoms with van der Waals surface area (Å²) in [6.07, 6.45) is 2.83. The number of hydrogen-bond donors (Lipinski definition) is 1. The minimum absolute atomic E-state index is 0.0169. The Morgan fingerprint density at radius 3 is 2.70 bits per heavy atom. The highest BCUT2D eigenvalue weighted by Crippen LogP contribution is 2.21. The third-order valence-corrected chi connectivity index (χ3v) is 4.97. The van der Waals surface area contributed by atoms with E-state index in [1.54, 1.807) is 15.6 Å². The van der Waals surface area contributed by atoms with Crippen molar-refractivity contribution < 1.29 is 9.59 Å². The van der Waals surface area contributed by atoms with Crippen molar-refractivity contribution in [2.24, 2.45) is 7.05 Å². The molecule has 2 aliphatic heterocycles. The molecule has 0 aromatic carbocycles. The number of aryl methyl sites for hydroxylation is 2. The number of amides is 2.